The first-order valence-corrected chi connectivity index (χ1v) is 14.0. The van der Waals surface area contributed by atoms with E-state index < -0.39 is 10.0 Å². The molecule has 2 aliphatic rings. The summed E-state index contributed by atoms with van der Waals surface area (Å²) in [5, 5.41) is 0.922. The zero-order valence-corrected chi connectivity index (χ0v) is 21.2. The normalized spacial score (nSPS) is 20.4. The van der Waals surface area contributed by atoms with Gasteiger partial charge in [0.1, 0.15) is 0 Å². The van der Waals surface area contributed by atoms with Crippen molar-refractivity contribution in [2.75, 3.05) is 39.3 Å². The van der Waals surface area contributed by atoms with Crippen molar-refractivity contribution in [3.63, 3.8) is 0 Å². The fourth-order valence-corrected chi connectivity index (χ4v) is 6.91. The lowest BCUT2D eigenvalue weighted by atomic mass is 9.97. The number of sulfonamides is 1. The van der Waals surface area contributed by atoms with Crippen LogP contribution in [0.1, 0.15) is 25.3 Å². The third-order valence-corrected chi connectivity index (χ3v) is 9.25. The molecule has 2 aliphatic heterocycles. The molecule has 0 aliphatic carbocycles. The van der Waals surface area contributed by atoms with Gasteiger partial charge in [-0.1, -0.05) is 30.3 Å². The molecular formula is C27H34N4O3S. The Hall–Kier alpha value is -2.68. The second-order valence-electron chi connectivity index (χ2n) is 9.61. The van der Waals surface area contributed by atoms with Gasteiger partial charge in [-0.3, -0.25) is 9.69 Å². The average Bonchev–Trinajstić information content (AvgIpc) is 3.32. The van der Waals surface area contributed by atoms with Crippen LogP contribution >= 0.6 is 0 Å². The fraction of sp³-hybridized carbons (Fsp3) is 0.444. The first-order valence-electron chi connectivity index (χ1n) is 12.6. The number of amides is 1. The van der Waals surface area contributed by atoms with Gasteiger partial charge < -0.3 is 9.47 Å². The molecular weight excluding hydrogens is 460 g/mol. The van der Waals surface area contributed by atoms with Crippen molar-refractivity contribution in [1.29, 1.82) is 0 Å². The maximum atomic E-state index is 13.5. The van der Waals surface area contributed by atoms with Gasteiger partial charge in [0.15, 0.2) is 0 Å². The first kappa shape index (κ1) is 24.0. The molecule has 0 N–H and O–H groups in total. The van der Waals surface area contributed by atoms with Gasteiger partial charge in [0.05, 0.1) is 10.8 Å². The van der Waals surface area contributed by atoms with Crippen LogP contribution in [0.5, 0.6) is 0 Å². The molecule has 8 heteroatoms. The van der Waals surface area contributed by atoms with E-state index in [1.807, 2.05) is 29.3 Å². The van der Waals surface area contributed by atoms with Crippen molar-refractivity contribution in [1.82, 2.24) is 18.7 Å². The second-order valence-corrected chi connectivity index (χ2v) is 11.5. The predicted molar refractivity (Wildman–Crippen MR) is 137 cm³/mol. The molecule has 2 aromatic carbocycles. The van der Waals surface area contributed by atoms with Gasteiger partial charge in [-0.05, 0) is 49.6 Å². The monoisotopic (exact) mass is 494 g/mol. The van der Waals surface area contributed by atoms with E-state index in [-0.39, 0.29) is 18.4 Å². The number of aryl methyl sites for hydroxylation is 1. The summed E-state index contributed by atoms with van der Waals surface area (Å²) in [6.45, 7) is 7.60. The molecule has 3 aromatic rings. The summed E-state index contributed by atoms with van der Waals surface area (Å²) < 4.78 is 30.5. The van der Waals surface area contributed by atoms with Crippen LogP contribution in [0.2, 0.25) is 0 Å². The van der Waals surface area contributed by atoms with E-state index in [4.69, 9.17) is 0 Å². The number of aromatic nitrogens is 1. The maximum absolute atomic E-state index is 13.5. The number of hydrogen-bond donors (Lipinski definition) is 0. The van der Waals surface area contributed by atoms with Crippen LogP contribution in [0.4, 0.5) is 0 Å². The average molecular weight is 495 g/mol. The topological polar surface area (TPSA) is 65.9 Å². The number of fused-ring (bicyclic) bond motifs is 1. The summed E-state index contributed by atoms with van der Waals surface area (Å²) >= 11 is 0. The van der Waals surface area contributed by atoms with Crippen LogP contribution in [0.3, 0.4) is 0 Å². The van der Waals surface area contributed by atoms with Crippen LogP contribution in [0, 0.1) is 5.92 Å². The third-order valence-electron chi connectivity index (χ3n) is 7.39. The molecule has 0 radical (unpaired) electrons. The van der Waals surface area contributed by atoms with Gasteiger partial charge in [-0.15, -0.1) is 0 Å². The number of hydrogen-bond acceptors (Lipinski definition) is 4. The number of piperazine rings is 1. The molecule has 2 fully saturated rings. The SMILES string of the molecule is CCn1ccc2cc(S(=O)(=O)N3CCCC(C(=O)N4CCN(Cc5ccccc5)CC4)C3)ccc21. The van der Waals surface area contributed by atoms with E-state index >= 15 is 0 Å². The lowest BCUT2D eigenvalue weighted by Crippen LogP contribution is -2.52. The number of benzene rings is 2. The molecule has 1 atom stereocenters. The predicted octanol–water partition coefficient (Wildman–Crippen LogP) is 3.41. The first-order chi connectivity index (χ1) is 17.0. The molecule has 0 spiro atoms. The van der Waals surface area contributed by atoms with Crippen molar-refractivity contribution in [3.8, 4) is 0 Å². The number of nitrogens with zero attached hydrogens (tertiary/aromatic N) is 4. The lowest BCUT2D eigenvalue weighted by molar-refractivity contribution is -0.138. The van der Waals surface area contributed by atoms with Gasteiger partial charge in [-0.25, -0.2) is 8.42 Å². The van der Waals surface area contributed by atoms with Gasteiger partial charge in [0, 0.05) is 69.5 Å². The van der Waals surface area contributed by atoms with E-state index in [9.17, 15) is 13.2 Å². The van der Waals surface area contributed by atoms with Gasteiger partial charge in [-0.2, -0.15) is 4.31 Å². The highest BCUT2D eigenvalue weighted by Gasteiger charge is 2.36. The second kappa shape index (κ2) is 10.1. The summed E-state index contributed by atoms with van der Waals surface area (Å²) in [4.78, 5) is 17.9. The smallest absolute Gasteiger partial charge is 0.243 e. The van der Waals surface area contributed by atoms with Crippen molar-refractivity contribution in [3.05, 3.63) is 66.4 Å². The number of piperidine rings is 1. The largest absolute Gasteiger partial charge is 0.348 e. The Bertz CT molecular complexity index is 1280. The summed E-state index contributed by atoms with van der Waals surface area (Å²) in [6, 6.07) is 17.7. The van der Waals surface area contributed by atoms with Crippen molar-refractivity contribution in [2.45, 2.75) is 37.8 Å². The molecule has 35 heavy (non-hydrogen) atoms. The quantitative estimate of drug-likeness (QED) is 0.527. The summed E-state index contributed by atoms with van der Waals surface area (Å²) in [7, 11) is -3.65. The van der Waals surface area contributed by atoms with Gasteiger partial charge in [0.2, 0.25) is 15.9 Å². The number of carbonyl (C=O) groups is 1. The van der Waals surface area contributed by atoms with E-state index in [1.54, 1.807) is 12.1 Å². The standard InChI is InChI=1S/C27H34N4O3S/c1-2-29-14-12-23-19-25(10-11-26(23)29)35(33,34)31-13-6-9-24(21-31)27(32)30-17-15-28(16-18-30)20-22-7-4-3-5-8-22/h3-5,7-8,10-12,14,19,24H,2,6,9,13,15-18,20-21H2,1H3. The molecule has 0 saturated carbocycles. The molecule has 186 valence electrons. The summed E-state index contributed by atoms with van der Waals surface area (Å²) in [6.07, 6.45) is 3.43. The Morgan fingerprint density at radius 3 is 2.49 bits per heavy atom. The Kier molecular flexibility index (Phi) is 6.95. The molecule has 3 heterocycles. The molecule has 2 saturated heterocycles. The molecule has 7 nitrogen and oxygen atoms in total. The lowest BCUT2D eigenvalue weighted by Gasteiger charge is -2.38. The van der Waals surface area contributed by atoms with Gasteiger partial charge >= 0.3 is 0 Å². The molecule has 5 rings (SSSR count). The van der Waals surface area contributed by atoms with Crippen molar-refractivity contribution < 1.29 is 13.2 Å². The van der Waals surface area contributed by atoms with Gasteiger partial charge in [0.25, 0.3) is 0 Å². The summed E-state index contributed by atoms with van der Waals surface area (Å²) in [5.41, 5.74) is 2.31. The van der Waals surface area contributed by atoms with Crippen LogP contribution < -0.4 is 0 Å². The zero-order chi connectivity index (χ0) is 24.4. The van der Waals surface area contributed by atoms with E-state index in [2.05, 4.69) is 40.7 Å². The Morgan fingerprint density at radius 1 is 0.971 bits per heavy atom. The van der Waals surface area contributed by atoms with Crippen LogP contribution in [-0.4, -0.2) is 72.3 Å². The minimum absolute atomic E-state index is 0.0970. The highest BCUT2D eigenvalue weighted by molar-refractivity contribution is 7.89. The van der Waals surface area contributed by atoms with E-state index in [0.29, 0.717) is 31.0 Å². The van der Waals surface area contributed by atoms with Crippen LogP contribution in [-0.2, 0) is 27.9 Å². The summed E-state index contributed by atoms with van der Waals surface area (Å²) in [5.74, 6) is -0.177. The van der Waals surface area contributed by atoms with Crippen LogP contribution in [0.15, 0.2) is 65.7 Å². The third kappa shape index (κ3) is 5.01. The molecule has 1 amide bonds. The minimum atomic E-state index is -3.65. The zero-order valence-electron chi connectivity index (χ0n) is 20.3. The minimum Gasteiger partial charge on any atom is -0.348 e. The molecule has 1 aromatic heterocycles. The van der Waals surface area contributed by atoms with Crippen molar-refractivity contribution in [2.24, 2.45) is 5.92 Å². The number of carbonyl (C=O) groups excluding carboxylic acids is 1. The number of rotatable bonds is 6. The van der Waals surface area contributed by atoms with E-state index in [0.717, 1.165) is 43.5 Å². The Morgan fingerprint density at radius 2 is 1.74 bits per heavy atom. The molecule has 1 unspecified atom stereocenters. The highest BCUT2D eigenvalue weighted by Crippen LogP contribution is 2.28. The van der Waals surface area contributed by atoms with Crippen LogP contribution in [0.25, 0.3) is 10.9 Å². The maximum Gasteiger partial charge on any atom is 0.243 e. The van der Waals surface area contributed by atoms with E-state index in [1.165, 1.54) is 9.87 Å². The highest BCUT2D eigenvalue weighted by atomic mass is 32.2. The van der Waals surface area contributed by atoms with Crippen molar-refractivity contribution >= 4 is 26.8 Å². The Balaban J connectivity index is 1.22. The molecule has 0 bridgehead atoms. The Labute approximate surface area is 208 Å². The fourth-order valence-electron chi connectivity index (χ4n) is 5.35.